The molecule has 2 aliphatic rings. The number of hydrogen-bond donors (Lipinski definition) is 3. The van der Waals surface area contributed by atoms with Gasteiger partial charge in [-0.05, 0) is 5.56 Å². The van der Waals surface area contributed by atoms with Gasteiger partial charge in [0, 0.05) is 41.5 Å². The Labute approximate surface area is 276 Å². The number of carbonyl (C=O) groups is 6. The number of aliphatic hydroxyl groups is 1. The lowest BCUT2D eigenvalue weighted by Gasteiger charge is -2.49. The highest BCUT2D eigenvalue weighted by Gasteiger charge is 2.55. The van der Waals surface area contributed by atoms with Gasteiger partial charge in [0.15, 0.2) is 30.9 Å². The summed E-state index contributed by atoms with van der Waals surface area (Å²) in [6.07, 6.45) is -11.4. The quantitative estimate of drug-likeness (QED) is 0.175. The van der Waals surface area contributed by atoms with Crippen LogP contribution in [0.3, 0.4) is 0 Å². The molecule has 2 aliphatic heterocycles. The van der Waals surface area contributed by atoms with Gasteiger partial charge in [0.05, 0.1) is 13.2 Å². The maximum absolute atomic E-state index is 12.4. The summed E-state index contributed by atoms with van der Waals surface area (Å²) in [6.45, 7) is 6.17. The fourth-order valence-corrected chi connectivity index (χ4v) is 5.37. The highest BCUT2D eigenvalue weighted by Crippen LogP contribution is 2.33. The van der Waals surface area contributed by atoms with Crippen molar-refractivity contribution in [2.45, 2.75) is 109 Å². The summed E-state index contributed by atoms with van der Waals surface area (Å²) in [5, 5.41) is 16.0. The van der Waals surface area contributed by atoms with Gasteiger partial charge < -0.3 is 53.6 Å². The molecule has 2 saturated heterocycles. The van der Waals surface area contributed by atoms with Gasteiger partial charge in [-0.25, -0.2) is 0 Å². The minimum atomic E-state index is -1.69. The van der Waals surface area contributed by atoms with Crippen LogP contribution >= 0.6 is 0 Å². The molecule has 1 aromatic rings. The summed E-state index contributed by atoms with van der Waals surface area (Å²) in [5.74, 6) is -4.34. The summed E-state index contributed by atoms with van der Waals surface area (Å²) in [4.78, 5) is 73.0. The number of benzene rings is 1. The summed E-state index contributed by atoms with van der Waals surface area (Å²) in [6, 6.07) is 6.39. The number of nitrogens with one attached hydrogen (secondary N) is 2. The van der Waals surface area contributed by atoms with Crippen molar-refractivity contribution in [2.75, 3.05) is 13.2 Å². The monoisotopic (exact) mass is 682 g/mol. The minimum Gasteiger partial charge on any atom is -0.463 e. The van der Waals surface area contributed by atoms with Gasteiger partial charge >= 0.3 is 23.9 Å². The van der Waals surface area contributed by atoms with Crippen molar-refractivity contribution in [2.24, 2.45) is 0 Å². The molecular formula is C31H42N2O15. The fraction of sp³-hybridized carbons (Fsp3) is 0.613. The smallest absolute Gasteiger partial charge is 0.303 e. The summed E-state index contributed by atoms with van der Waals surface area (Å²) in [7, 11) is 0. The van der Waals surface area contributed by atoms with Crippen LogP contribution in [-0.2, 0) is 73.3 Å². The molecule has 17 nitrogen and oxygen atoms in total. The van der Waals surface area contributed by atoms with Crippen molar-refractivity contribution in [3.8, 4) is 0 Å². The molecule has 0 aliphatic carbocycles. The number of amides is 2. The van der Waals surface area contributed by atoms with Crippen LogP contribution in [0, 0.1) is 0 Å². The van der Waals surface area contributed by atoms with E-state index in [0.29, 0.717) is 0 Å². The molecule has 0 unspecified atom stereocenters. The van der Waals surface area contributed by atoms with E-state index in [-0.39, 0.29) is 13.2 Å². The lowest BCUT2D eigenvalue weighted by Crippen LogP contribution is -2.70. The predicted molar refractivity (Wildman–Crippen MR) is 159 cm³/mol. The van der Waals surface area contributed by atoms with E-state index in [9.17, 15) is 33.9 Å². The van der Waals surface area contributed by atoms with E-state index in [1.165, 1.54) is 13.8 Å². The summed E-state index contributed by atoms with van der Waals surface area (Å²) < 4.78 is 45.9. The zero-order valence-corrected chi connectivity index (χ0v) is 27.4. The lowest BCUT2D eigenvalue weighted by atomic mass is 9.94. The van der Waals surface area contributed by atoms with E-state index in [1.807, 2.05) is 30.3 Å². The predicted octanol–water partition coefficient (Wildman–Crippen LogP) is -0.602. The highest BCUT2D eigenvalue weighted by atomic mass is 16.7. The van der Waals surface area contributed by atoms with E-state index in [4.69, 9.17) is 37.9 Å². The Morgan fingerprint density at radius 2 is 1.19 bits per heavy atom. The van der Waals surface area contributed by atoms with Gasteiger partial charge in [-0.3, -0.25) is 28.8 Å². The normalized spacial score (nSPS) is 29.9. The number of carbonyl (C=O) groups excluding carboxylic acids is 6. The molecule has 0 radical (unpaired) electrons. The third kappa shape index (κ3) is 11.2. The van der Waals surface area contributed by atoms with Crippen LogP contribution in [0.15, 0.2) is 30.3 Å². The van der Waals surface area contributed by atoms with Crippen LogP contribution in [0.2, 0.25) is 0 Å². The average Bonchev–Trinajstić information content (AvgIpc) is 2.98. The largest absolute Gasteiger partial charge is 0.463 e. The fourth-order valence-electron chi connectivity index (χ4n) is 5.37. The second kappa shape index (κ2) is 17.8. The first-order valence-corrected chi connectivity index (χ1v) is 15.1. The van der Waals surface area contributed by atoms with Crippen molar-refractivity contribution in [1.29, 1.82) is 0 Å². The Morgan fingerprint density at radius 1 is 0.667 bits per heavy atom. The van der Waals surface area contributed by atoms with Gasteiger partial charge in [-0.15, -0.1) is 0 Å². The molecular weight excluding hydrogens is 640 g/mol. The van der Waals surface area contributed by atoms with E-state index in [1.54, 1.807) is 0 Å². The van der Waals surface area contributed by atoms with Crippen LogP contribution in [-0.4, -0.2) is 115 Å². The standard InChI is InChI=1S/C31H42N2O15/c1-15(34)32-24-28(44-19(5)38)27(22(46-30(24)40)13-41-12-21-10-8-7-9-11-21)48-31-25(33-16(2)35)29(45-20(6)39)26(43-18(4)37)23(47-31)14-42-17(3)36/h7-11,22-31,40H,12-14H2,1-6H3,(H,32,34)(H,33,35)/t22-,23-,24-,25-,26+,27+,28-,29-,30+,31+/m1/s1. The van der Waals surface area contributed by atoms with E-state index < -0.39 is 104 Å². The Balaban J connectivity index is 2.07. The van der Waals surface area contributed by atoms with Crippen LogP contribution in [0.1, 0.15) is 47.1 Å². The van der Waals surface area contributed by atoms with Crippen molar-refractivity contribution in [3.63, 3.8) is 0 Å². The number of hydrogen-bond acceptors (Lipinski definition) is 15. The molecule has 266 valence electrons. The van der Waals surface area contributed by atoms with Crippen molar-refractivity contribution in [1.82, 2.24) is 10.6 Å². The van der Waals surface area contributed by atoms with Gasteiger partial charge in [-0.2, -0.15) is 0 Å². The first-order valence-electron chi connectivity index (χ1n) is 15.1. The van der Waals surface area contributed by atoms with E-state index >= 15 is 0 Å². The summed E-state index contributed by atoms with van der Waals surface area (Å²) in [5.41, 5.74) is 0.814. The Kier molecular flexibility index (Phi) is 14.2. The first kappa shape index (κ1) is 38.3. The van der Waals surface area contributed by atoms with E-state index in [0.717, 1.165) is 33.3 Å². The van der Waals surface area contributed by atoms with Gasteiger partial charge in [0.1, 0.15) is 37.0 Å². The Morgan fingerprint density at radius 3 is 1.73 bits per heavy atom. The maximum atomic E-state index is 12.4. The zero-order valence-electron chi connectivity index (χ0n) is 27.4. The van der Waals surface area contributed by atoms with Crippen molar-refractivity contribution < 1.29 is 71.8 Å². The molecule has 2 amide bonds. The Hall–Kier alpha value is -4.16. The third-order valence-electron chi connectivity index (χ3n) is 7.09. The molecule has 2 fully saturated rings. The number of rotatable bonds is 13. The van der Waals surface area contributed by atoms with E-state index in [2.05, 4.69) is 10.6 Å². The average molecular weight is 683 g/mol. The third-order valence-corrected chi connectivity index (χ3v) is 7.09. The molecule has 48 heavy (non-hydrogen) atoms. The molecule has 2 heterocycles. The molecule has 3 rings (SSSR count). The molecule has 0 bridgehead atoms. The zero-order chi connectivity index (χ0) is 35.5. The van der Waals surface area contributed by atoms with Crippen LogP contribution in [0.25, 0.3) is 0 Å². The van der Waals surface area contributed by atoms with Gasteiger partial charge in [0.2, 0.25) is 11.8 Å². The number of aliphatic hydroxyl groups excluding tert-OH is 1. The van der Waals surface area contributed by atoms with Crippen LogP contribution in [0.5, 0.6) is 0 Å². The lowest BCUT2D eigenvalue weighted by molar-refractivity contribution is -0.331. The SMILES string of the molecule is CC(=O)N[C@@H]1[C@@H](OC(C)=O)[C@@H](O[C@@H]2O[C@H](COC(C)=O)[C@H](OC(C)=O)[C@H](OC(C)=O)[C@H]2NC(C)=O)[C@@H](COCc2ccccc2)O[C@@H]1O. The number of esters is 4. The second-order valence-electron chi connectivity index (χ2n) is 11.2. The van der Waals surface area contributed by atoms with Crippen molar-refractivity contribution >= 4 is 35.7 Å². The van der Waals surface area contributed by atoms with Gasteiger partial charge in [0.25, 0.3) is 0 Å². The first-order chi connectivity index (χ1) is 22.7. The second-order valence-corrected chi connectivity index (χ2v) is 11.2. The molecule has 17 heteroatoms. The maximum Gasteiger partial charge on any atom is 0.303 e. The molecule has 10 atom stereocenters. The molecule has 1 aromatic carbocycles. The Bertz CT molecular complexity index is 1290. The topological polar surface area (TPSA) is 221 Å². The number of ether oxygens (including phenoxy) is 8. The molecule has 0 aromatic heterocycles. The molecule has 0 spiro atoms. The van der Waals surface area contributed by atoms with Crippen LogP contribution < -0.4 is 10.6 Å². The minimum absolute atomic E-state index is 0.119. The molecule has 3 N–H and O–H groups in total. The van der Waals surface area contributed by atoms with Crippen LogP contribution in [0.4, 0.5) is 0 Å². The highest BCUT2D eigenvalue weighted by molar-refractivity contribution is 5.74. The van der Waals surface area contributed by atoms with Crippen molar-refractivity contribution in [3.05, 3.63) is 35.9 Å². The summed E-state index contributed by atoms with van der Waals surface area (Å²) >= 11 is 0. The van der Waals surface area contributed by atoms with Gasteiger partial charge in [-0.1, -0.05) is 30.3 Å². The molecule has 0 saturated carbocycles.